The molecule has 0 aliphatic carbocycles. The van der Waals surface area contributed by atoms with E-state index >= 15 is 0 Å². The maximum atomic E-state index is 11.9. The van der Waals surface area contributed by atoms with Crippen LogP contribution in [0.2, 0.25) is 0 Å². The summed E-state index contributed by atoms with van der Waals surface area (Å²) < 4.78 is 0. The Morgan fingerprint density at radius 3 is 2.74 bits per heavy atom. The van der Waals surface area contributed by atoms with Gasteiger partial charge >= 0.3 is 0 Å². The first-order valence-corrected chi connectivity index (χ1v) is 8.64. The average molecular weight is 382 g/mol. The summed E-state index contributed by atoms with van der Waals surface area (Å²) in [5.74, 6) is -0.208. The molecule has 2 heterocycles. The van der Waals surface area contributed by atoms with Gasteiger partial charge in [-0.05, 0) is 30.4 Å². The Balaban J connectivity index is 1.84. The van der Waals surface area contributed by atoms with Crippen molar-refractivity contribution in [2.75, 3.05) is 7.05 Å². The molecule has 0 bridgehead atoms. The number of para-hydroxylation sites is 1. The lowest BCUT2D eigenvalue weighted by atomic mass is 10.1. The van der Waals surface area contributed by atoms with Gasteiger partial charge in [0.2, 0.25) is 0 Å². The largest absolute Gasteiger partial charge is 0.355 e. The Morgan fingerprint density at radius 1 is 1.26 bits per heavy atom. The number of hydrogen-bond acceptors (Lipinski definition) is 6. The standard InChI is InChI=1S/C18H14N4O4S/c1-19-17(23)13-10-20-16(21-18(13)24)9-7-11-6-8-15(27-11)12-4-2-3-5-14(12)22(25)26/h2-10H,1H3,(H,19,23)(H,20,21,24)/b9-7+. The van der Waals surface area contributed by atoms with Gasteiger partial charge in [-0.1, -0.05) is 12.1 Å². The molecule has 0 radical (unpaired) electrons. The molecule has 0 fully saturated rings. The molecule has 0 saturated heterocycles. The number of H-pyrrole nitrogens is 1. The maximum Gasteiger partial charge on any atom is 0.278 e. The first kappa shape index (κ1) is 18.2. The Kier molecular flexibility index (Phi) is 5.23. The summed E-state index contributed by atoms with van der Waals surface area (Å²) in [5, 5.41) is 13.5. The second-order valence-electron chi connectivity index (χ2n) is 5.40. The Labute approximate surface area is 157 Å². The van der Waals surface area contributed by atoms with Gasteiger partial charge in [0.05, 0.1) is 10.5 Å². The molecule has 0 saturated carbocycles. The van der Waals surface area contributed by atoms with Gasteiger partial charge < -0.3 is 10.3 Å². The van der Waals surface area contributed by atoms with Crippen LogP contribution in [0.4, 0.5) is 5.69 Å². The van der Waals surface area contributed by atoms with Crippen molar-refractivity contribution in [1.29, 1.82) is 0 Å². The number of nitrogens with zero attached hydrogens (tertiary/aromatic N) is 2. The topological polar surface area (TPSA) is 118 Å². The van der Waals surface area contributed by atoms with E-state index in [0.29, 0.717) is 11.4 Å². The predicted molar refractivity (Wildman–Crippen MR) is 104 cm³/mol. The molecule has 8 nitrogen and oxygen atoms in total. The van der Waals surface area contributed by atoms with Crippen molar-refractivity contribution < 1.29 is 9.72 Å². The molecule has 1 amide bonds. The van der Waals surface area contributed by atoms with E-state index in [1.165, 1.54) is 30.6 Å². The number of nitrogens with one attached hydrogen (secondary N) is 2. The van der Waals surface area contributed by atoms with Crippen molar-refractivity contribution in [1.82, 2.24) is 15.3 Å². The summed E-state index contributed by atoms with van der Waals surface area (Å²) >= 11 is 1.38. The molecular formula is C18H14N4O4S. The number of carbonyl (C=O) groups is 1. The highest BCUT2D eigenvalue weighted by Crippen LogP contribution is 2.35. The summed E-state index contributed by atoms with van der Waals surface area (Å²) in [5.41, 5.74) is -0.000459. The van der Waals surface area contributed by atoms with E-state index < -0.39 is 16.4 Å². The van der Waals surface area contributed by atoms with E-state index in [4.69, 9.17) is 0 Å². The van der Waals surface area contributed by atoms with Gasteiger partial charge in [0.1, 0.15) is 11.4 Å². The number of carbonyl (C=O) groups excluding carboxylic acids is 1. The van der Waals surface area contributed by atoms with Crippen molar-refractivity contribution in [2.24, 2.45) is 0 Å². The van der Waals surface area contributed by atoms with Gasteiger partial charge in [0, 0.05) is 29.1 Å². The number of nitro benzene ring substituents is 1. The zero-order valence-electron chi connectivity index (χ0n) is 14.1. The van der Waals surface area contributed by atoms with Crippen LogP contribution in [0, 0.1) is 10.1 Å². The van der Waals surface area contributed by atoms with E-state index in [-0.39, 0.29) is 11.3 Å². The first-order valence-electron chi connectivity index (χ1n) is 7.82. The molecule has 0 spiro atoms. The van der Waals surface area contributed by atoms with Crippen molar-refractivity contribution in [3.63, 3.8) is 0 Å². The smallest absolute Gasteiger partial charge is 0.278 e. The maximum absolute atomic E-state index is 11.9. The Bertz CT molecular complexity index is 1100. The molecule has 0 aliphatic rings. The van der Waals surface area contributed by atoms with Gasteiger partial charge in [-0.15, -0.1) is 11.3 Å². The number of aromatic amines is 1. The van der Waals surface area contributed by atoms with Crippen LogP contribution in [0.15, 0.2) is 47.4 Å². The molecule has 1 aromatic carbocycles. The highest BCUT2D eigenvalue weighted by atomic mass is 32.1. The summed E-state index contributed by atoms with van der Waals surface area (Å²) in [7, 11) is 1.43. The third-order valence-corrected chi connectivity index (χ3v) is 4.77. The average Bonchev–Trinajstić information content (AvgIpc) is 3.14. The van der Waals surface area contributed by atoms with Crippen LogP contribution >= 0.6 is 11.3 Å². The number of nitro groups is 1. The van der Waals surface area contributed by atoms with E-state index in [2.05, 4.69) is 15.3 Å². The van der Waals surface area contributed by atoms with Crippen LogP contribution in [-0.4, -0.2) is 27.8 Å². The highest BCUT2D eigenvalue weighted by Gasteiger charge is 2.15. The molecule has 0 unspecified atom stereocenters. The number of hydrogen-bond donors (Lipinski definition) is 2. The number of amides is 1. The summed E-state index contributed by atoms with van der Waals surface area (Å²) in [6, 6.07) is 10.2. The second kappa shape index (κ2) is 7.75. The summed E-state index contributed by atoms with van der Waals surface area (Å²) in [4.78, 5) is 42.3. The van der Waals surface area contributed by atoms with Crippen molar-refractivity contribution in [2.45, 2.75) is 0 Å². The van der Waals surface area contributed by atoms with Crippen molar-refractivity contribution in [3.05, 3.63) is 79.3 Å². The monoisotopic (exact) mass is 382 g/mol. The van der Waals surface area contributed by atoms with Crippen LogP contribution in [0.3, 0.4) is 0 Å². The third kappa shape index (κ3) is 3.98. The fourth-order valence-corrected chi connectivity index (χ4v) is 3.32. The lowest BCUT2D eigenvalue weighted by Crippen LogP contribution is -2.27. The SMILES string of the molecule is CNC(=O)c1cnc(/C=C/c2ccc(-c3ccccc3[N+](=O)[O-])s2)[nH]c1=O. The number of benzene rings is 1. The molecule has 3 rings (SSSR count). The van der Waals surface area contributed by atoms with Gasteiger partial charge in [0.25, 0.3) is 17.2 Å². The van der Waals surface area contributed by atoms with Crippen LogP contribution in [0.1, 0.15) is 21.1 Å². The molecule has 2 aromatic heterocycles. The third-order valence-electron chi connectivity index (χ3n) is 3.69. The van der Waals surface area contributed by atoms with Crippen molar-refractivity contribution >= 4 is 35.1 Å². The first-order chi connectivity index (χ1) is 13.0. The molecule has 0 atom stereocenters. The van der Waals surface area contributed by atoms with E-state index in [1.807, 2.05) is 6.07 Å². The van der Waals surface area contributed by atoms with E-state index in [1.54, 1.807) is 36.4 Å². The van der Waals surface area contributed by atoms with Crippen LogP contribution < -0.4 is 10.9 Å². The number of thiophene rings is 1. The van der Waals surface area contributed by atoms with Gasteiger partial charge in [-0.25, -0.2) is 4.98 Å². The molecule has 27 heavy (non-hydrogen) atoms. The fraction of sp³-hybridized carbons (Fsp3) is 0.0556. The molecular weight excluding hydrogens is 368 g/mol. The number of aromatic nitrogens is 2. The van der Waals surface area contributed by atoms with E-state index in [0.717, 1.165) is 9.75 Å². The van der Waals surface area contributed by atoms with Crippen LogP contribution in [0.5, 0.6) is 0 Å². The Hall–Kier alpha value is -3.59. The zero-order valence-corrected chi connectivity index (χ0v) is 14.9. The van der Waals surface area contributed by atoms with Crippen LogP contribution in [-0.2, 0) is 0 Å². The quantitative estimate of drug-likeness (QED) is 0.519. The lowest BCUT2D eigenvalue weighted by molar-refractivity contribution is -0.384. The highest BCUT2D eigenvalue weighted by molar-refractivity contribution is 7.16. The fourth-order valence-electron chi connectivity index (χ4n) is 2.38. The minimum absolute atomic E-state index is 0.0469. The zero-order chi connectivity index (χ0) is 19.4. The normalized spacial score (nSPS) is 10.9. The minimum Gasteiger partial charge on any atom is -0.355 e. The van der Waals surface area contributed by atoms with Gasteiger partial charge in [-0.3, -0.25) is 19.7 Å². The second-order valence-corrected chi connectivity index (χ2v) is 6.52. The summed E-state index contributed by atoms with van der Waals surface area (Å²) in [6.45, 7) is 0. The Morgan fingerprint density at radius 2 is 2.04 bits per heavy atom. The molecule has 2 N–H and O–H groups in total. The minimum atomic E-state index is -0.532. The van der Waals surface area contributed by atoms with Crippen LogP contribution in [0.25, 0.3) is 22.6 Å². The predicted octanol–water partition coefficient (Wildman–Crippen LogP) is 2.94. The molecule has 0 aliphatic heterocycles. The van der Waals surface area contributed by atoms with Gasteiger partial charge in [0.15, 0.2) is 0 Å². The van der Waals surface area contributed by atoms with E-state index in [9.17, 15) is 19.7 Å². The molecule has 136 valence electrons. The molecule has 3 aromatic rings. The molecule has 9 heteroatoms. The van der Waals surface area contributed by atoms with Gasteiger partial charge in [-0.2, -0.15) is 0 Å². The van der Waals surface area contributed by atoms with Crippen molar-refractivity contribution in [3.8, 4) is 10.4 Å². The lowest BCUT2D eigenvalue weighted by Gasteiger charge is -1.99. The number of rotatable bonds is 5. The summed E-state index contributed by atoms with van der Waals surface area (Å²) in [6.07, 6.45) is 4.55.